The molecule has 1 N–H and O–H groups in total. The molecule has 0 aromatic carbocycles. The lowest BCUT2D eigenvalue weighted by Gasteiger charge is -2.61. The fourth-order valence-electron chi connectivity index (χ4n) is 3.06. The predicted molar refractivity (Wildman–Crippen MR) is 52.8 cm³/mol. The van der Waals surface area contributed by atoms with E-state index < -0.39 is 0 Å². The summed E-state index contributed by atoms with van der Waals surface area (Å²) in [7, 11) is 0. The molecule has 0 amide bonds. The largest absolute Gasteiger partial charge is 0.390 e. The van der Waals surface area contributed by atoms with Crippen LogP contribution in [0.25, 0.3) is 0 Å². The molecule has 0 saturated heterocycles. The molecule has 3 heteroatoms. The highest BCUT2D eigenvalue weighted by atomic mass is 16.3. The third-order valence-corrected chi connectivity index (χ3v) is 3.98. The molecule has 14 heavy (non-hydrogen) atoms. The molecule has 1 aromatic rings. The van der Waals surface area contributed by atoms with Crippen LogP contribution in [0.3, 0.4) is 0 Å². The Labute approximate surface area is 83.8 Å². The zero-order valence-electron chi connectivity index (χ0n) is 8.53. The van der Waals surface area contributed by atoms with Crippen LogP contribution in [0.4, 0.5) is 0 Å². The van der Waals surface area contributed by atoms with Gasteiger partial charge < -0.3 is 9.67 Å². The van der Waals surface area contributed by atoms with E-state index in [0.717, 1.165) is 18.2 Å². The van der Waals surface area contributed by atoms with Gasteiger partial charge in [-0.3, -0.25) is 0 Å². The number of nitrogens with zero attached hydrogens (tertiary/aromatic N) is 2. The van der Waals surface area contributed by atoms with Crippen LogP contribution in [0.1, 0.15) is 37.6 Å². The van der Waals surface area contributed by atoms with E-state index in [1.165, 1.54) is 25.0 Å². The van der Waals surface area contributed by atoms with Crippen molar-refractivity contribution in [2.45, 2.75) is 44.8 Å². The van der Waals surface area contributed by atoms with Gasteiger partial charge >= 0.3 is 0 Å². The van der Waals surface area contributed by atoms with Crippen molar-refractivity contribution in [1.82, 2.24) is 9.55 Å². The lowest BCUT2D eigenvalue weighted by molar-refractivity contribution is -0.0321. The molecule has 0 aliphatic heterocycles. The molecule has 0 radical (unpaired) electrons. The van der Waals surface area contributed by atoms with Crippen LogP contribution in [0.2, 0.25) is 0 Å². The summed E-state index contributed by atoms with van der Waals surface area (Å²) in [6.07, 6.45) is 5.80. The summed E-state index contributed by atoms with van der Waals surface area (Å²) in [5.41, 5.74) is 2.61. The molecule has 3 aliphatic rings. The monoisotopic (exact) mass is 192 g/mol. The highest BCUT2D eigenvalue weighted by Gasteiger charge is 2.59. The van der Waals surface area contributed by atoms with Gasteiger partial charge in [0.25, 0.3) is 0 Å². The second-order valence-corrected chi connectivity index (χ2v) is 4.74. The summed E-state index contributed by atoms with van der Waals surface area (Å²) in [5, 5.41) is 9.36. The van der Waals surface area contributed by atoms with E-state index in [4.69, 9.17) is 0 Å². The van der Waals surface area contributed by atoms with E-state index >= 15 is 0 Å². The zero-order valence-corrected chi connectivity index (χ0v) is 8.53. The highest BCUT2D eigenvalue weighted by molar-refractivity contribution is 5.33. The average Bonchev–Trinajstić information content (AvgIpc) is 2.42. The fourth-order valence-corrected chi connectivity index (χ4v) is 3.06. The minimum atomic E-state index is 0.135. The molecule has 0 unspecified atom stereocenters. The smallest absolute Gasteiger partial charge is 0.0952 e. The summed E-state index contributed by atoms with van der Waals surface area (Å²) in [6, 6.07) is 0. The quantitative estimate of drug-likeness (QED) is 0.787. The minimum Gasteiger partial charge on any atom is -0.390 e. The van der Waals surface area contributed by atoms with E-state index in [-0.39, 0.29) is 6.61 Å². The third-order valence-electron chi connectivity index (χ3n) is 3.98. The average molecular weight is 192 g/mol. The van der Waals surface area contributed by atoms with Crippen LogP contribution < -0.4 is 0 Å². The Morgan fingerprint density at radius 3 is 2.71 bits per heavy atom. The SMILES string of the molecule is CCn1cnc(C23CC(C2)C3)c1CO. The van der Waals surface area contributed by atoms with Gasteiger partial charge in [0.05, 0.1) is 24.3 Å². The predicted octanol–water partition coefficient (Wildman–Crippen LogP) is 1.45. The lowest BCUT2D eigenvalue weighted by Crippen LogP contribution is -2.55. The zero-order chi connectivity index (χ0) is 9.76. The summed E-state index contributed by atoms with van der Waals surface area (Å²) in [6.45, 7) is 3.13. The molecular weight excluding hydrogens is 176 g/mol. The van der Waals surface area contributed by atoms with Gasteiger partial charge in [-0.25, -0.2) is 4.98 Å². The van der Waals surface area contributed by atoms with Crippen LogP contribution in [-0.2, 0) is 18.6 Å². The van der Waals surface area contributed by atoms with E-state index in [1.807, 2.05) is 6.33 Å². The highest BCUT2D eigenvalue weighted by Crippen LogP contribution is 2.65. The van der Waals surface area contributed by atoms with Crippen molar-refractivity contribution in [3.05, 3.63) is 17.7 Å². The normalized spacial score (nSPS) is 33.7. The van der Waals surface area contributed by atoms with Crippen molar-refractivity contribution in [1.29, 1.82) is 0 Å². The van der Waals surface area contributed by atoms with Gasteiger partial charge in [0, 0.05) is 12.0 Å². The van der Waals surface area contributed by atoms with Gasteiger partial charge in [0.1, 0.15) is 0 Å². The molecule has 4 rings (SSSR count). The summed E-state index contributed by atoms with van der Waals surface area (Å²) < 4.78 is 2.07. The Bertz CT molecular complexity index is 352. The number of aryl methyl sites for hydroxylation is 1. The summed E-state index contributed by atoms with van der Waals surface area (Å²) >= 11 is 0. The molecule has 3 saturated carbocycles. The maximum Gasteiger partial charge on any atom is 0.0952 e. The second-order valence-electron chi connectivity index (χ2n) is 4.74. The standard InChI is InChI=1S/C11H16N2O/c1-2-13-7-12-10(9(13)6-14)11-3-8(4-11)5-11/h7-8,14H,2-6H2,1H3. The first-order valence-corrected chi connectivity index (χ1v) is 5.44. The van der Waals surface area contributed by atoms with Crippen molar-refractivity contribution in [2.24, 2.45) is 5.92 Å². The fraction of sp³-hybridized carbons (Fsp3) is 0.727. The molecule has 0 atom stereocenters. The van der Waals surface area contributed by atoms with Gasteiger partial charge in [0.2, 0.25) is 0 Å². The molecule has 3 aliphatic carbocycles. The van der Waals surface area contributed by atoms with E-state index in [1.54, 1.807) is 0 Å². The molecule has 0 spiro atoms. The van der Waals surface area contributed by atoms with Gasteiger partial charge in [-0.05, 0) is 32.1 Å². The Hall–Kier alpha value is -0.830. The molecule has 3 nitrogen and oxygen atoms in total. The minimum absolute atomic E-state index is 0.135. The van der Waals surface area contributed by atoms with Crippen LogP contribution in [0.15, 0.2) is 6.33 Å². The number of hydrogen-bond acceptors (Lipinski definition) is 2. The topological polar surface area (TPSA) is 38.0 Å². The van der Waals surface area contributed by atoms with Crippen molar-refractivity contribution < 1.29 is 5.11 Å². The Kier molecular flexibility index (Phi) is 1.57. The molecule has 2 bridgehead atoms. The van der Waals surface area contributed by atoms with Gasteiger partial charge in [0.15, 0.2) is 0 Å². The number of aliphatic hydroxyl groups excluding tert-OH is 1. The van der Waals surface area contributed by atoms with Gasteiger partial charge in [-0.15, -0.1) is 0 Å². The second kappa shape index (κ2) is 2.60. The van der Waals surface area contributed by atoms with Crippen molar-refractivity contribution in [3.8, 4) is 0 Å². The number of aromatic nitrogens is 2. The molecular formula is C11H16N2O. The Morgan fingerprint density at radius 2 is 2.29 bits per heavy atom. The van der Waals surface area contributed by atoms with Crippen molar-refractivity contribution in [2.75, 3.05) is 0 Å². The van der Waals surface area contributed by atoms with Gasteiger partial charge in [-0.1, -0.05) is 0 Å². The molecule has 1 aromatic heterocycles. The first-order chi connectivity index (χ1) is 6.79. The van der Waals surface area contributed by atoms with Crippen LogP contribution in [-0.4, -0.2) is 14.7 Å². The van der Waals surface area contributed by atoms with Crippen molar-refractivity contribution in [3.63, 3.8) is 0 Å². The summed E-state index contributed by atoms with van der Waals surface area (Å²) in [4.78, 5) is 4.49. The van der Waals surface area contributed by atoms with E-state index in [9.17, 15) is 5.11 Å². The van der Waals surface area contributed by atoms with Crippen LogP contribution in [0, 0.1) is 5.92 Å². The van der Waals surface area contributed by atoms with Crippen LogP contribution in [0.5, 0.6) is 0 Å². The molecule has 1 heterocycles. The van der Waals surface area contributed by atoms with Crippen LogP contribution >= 0.6 is 0 Å². The lowest BCUT2D eigenvalue weighted by atomic mass is 9.43. The maximum absolute atomic E-state index is 9.36. The van der Waals surface area contributed by atoms with Crippen molar-refractivity contribution >= 4 is 0 Å². The first-order valence-electron chi connectivity index (χ1n) is 5.44. The first kappa shape index (κ1) is 8.48. The molecule has 3 fully saturated rings. The van der Waals surface area contributed by atoms with E-state index in [2.05, 4.69) is 16.5 Å². The Balaban J connectivity index is 2.00. The number of hydrogen-bond donors (Lipinski definition) is 1. The number of aliphatic hydroxyl groups is 1. The maximum atomic E-state index is 9.36. The third kappa shape index (κ3) is 0.836. The van der Waals surface area contributed by atoms with Gasteiger partial charge in [-0.2, -0.15) is 0 Å². The number of rotatable bonds is 3. The molecule has 76 valence electrons. The van der Waals surface area contributed by atoms with E-state index in [0.29, 0.717) is 5.41 Å². The Morgan fingerprint density at radius 1 is 1.57 bits per heavy atom. The summed E-state index contributed by atoms with van der Waals surface area (Å²) in [5.74, 6) is 0.966. The number of imidazole rings is 1.